The van der Waals surface area contributed by atoms with Crippen LogP contribution in [0.15, 0.2) is 18.2 Å². The molecule has 80 valence electrons. The van der Waals surface area contributed by atoms with Gasteiger partial charge in [-0.15, -0.1) is 0 Å². The highest BCUT2D eigenvalue weighted by Gasteiger charge is 2.06. The third kappa shape index (κ3) is 3.30. The number of benzene rings is 1. The van der Waals surface area contributed by atoms with E-state index < -0.39 is 6.03 Å². The van der Waals surface area contributed by atoms with Crippen molar-refractivity contribution in [3.05, 3.63) is 34.9 Å². The second-order valence-corrected chi connectivity index (χ2v) is 3.32. The van der Waals surface area contributed by atoms with E-state index in [2.05, 4.69) is 5.43 Å². The molecule has 0 aromatic heterocycles. The Morgan fingerprint density at radius 3 is 2.07 bits per heavy atom. The third-order valence-corrected chi connectivity index (χ3v) is 1.78. The summed E-state index contributed by atoms with van der Waals surface area (Å²) >= 11 is 0. The summed E-state index contributed by atoms with van der Waals surface area (Å²) in [7, 11) is 0. The van der Waals surface area contributed by atoms with Crippen molar-refractivity contribution in [3.8, 4) is 0 Å². The Bertz CT molecular complexity index is 381. The highest BCUT2D eigenvalue weighted by molar-refractivity contribution is 5.95. The van der Waals surface area contributed by atoms with Gasteiger partial charge in [-0.3, -0.25) is 10.2 Å². The van der Waals surface area contributed by atoms with Crippen molar-refractivity contribution in [2.24, 2.45) is 5.73 Å². The molecule has 1 aromatic rings. The maximum Gasteiger partial charge on any atom is 0.330 e. The first kappa shape index (κ1) is 11.0. The minimum Gasteiger partial charge on any atom is -0.350 e. The van der Waals surface area contributed by atoms with E-state index in [4.69, 9.17) is 5.73 Å². The van der Waals surface area contributed by atoms with Gasteiger partial charge in [-0.05, 0) is 26.0 Å². The molecule has 0 aliphatic rings. The molecule has 15 heavy (non-hydrogen) atoms. The van der Waals surface area contributed by atoms with Crippen molar-refractivity contribution < 1.29 is 9.59 Å². The number of amides is 3. The largest absolute Gasteiger partial charge is 0.350 e. The molecule has 0 fully saturated rings. The van der Waals surface area contributed by atoms with E-state index in [0.29, 0.717) is 5.56 Å². The Kier molecular flexibility index (Phi) is 3.28. The third-order valence-electron chi connectivity index (χ3n) is 1.78. The molecule has 0 saturated heterocycles. The van der Waals surface area contributed by atoms with Gasteiger partial charge < -0.3 is 5.73 Å². The van der Waals surface area contributed by atoms with Crippen molar-refractivity contribution >= 4 is 11.9 Å². The van der Waals surface area contributed by atoms with E-state index in [1.807, 2.05) is 25.3 Å². The zero-order valence-electron chi connectivity index (χ0n) is 8.63. The molecule has 3 amide bonds. The molecule has 4 N–H and O–H groups in total. The van der Waals surface area contributed by atoms with Crippen molar-refractivity contribution in [2.75, 3.05) is 0 Å². The van der Waals surface area contributed by atoms with Crippen molar-refractivity contribution in [3.63, 3.8) is 0 Å². The molecule has 1 aromatic carbocycles. The van der Waals surface area contributed by atoms with Crippen molar-refractivity contribution in [1.29, 1.82) is 0 Å². The summed E-state index contributed by atoms with van der Waals surface area (Å²) in [5.41, 5.74) is 11.5. The predicted octanol–water partition coefficient (Wildman–Crippen LogP) is 0.617. The molecular weight excluding hydrogens is 194 g/mol. The highest BCUT2D eigenvalue weighted by Crippen LogP contribution is 2.08. The van der Waals surface area contributed by atoms with Gasteiger partial charge in [0.05, 0.1) is 0 Å². The van der Waals surface area contributed by atoms with Crippen LogP contribution in [0.4, 0.5) is 4.79 Å². The van der Waals surface area contributed by atoms with Gasteiger partial charge in [0.15, 0.2) is 0 Å². The van der Waals surface area contributed by atoms with Crippen LogP contribution in [0.25, 0.3) is 0 Å². The standard InChI is InChI=1S/C10H13N3O2/c1-6-3-7(2)5-8(4-6)9(14)12-13-10(11)15/h3-5H,1-2H3,(H,12,14)(H3,11,13,15). The number of hydrazine groups is 1. The predicted molar refractivity (Wildman–Crippen MR) is 56.1 cm³/mol. The summed E-state index contributed by atoms with van der Waals surface area (Å²) in [5, 5.41) is 0. The fourth-order valence-corrected chi connectivity index (χ4v) is 1.30. The summed E-state index contributed by atoms with van der Waals surface area (Å²) in [6.07, 6.45) is 0. The van der Waals surface area contributed by atoms with Crippen LogP contribution in [0, 0.1) is 13.8 Å². The SMILES string of the molecule is Cc1cc(C)cc(C(=O)NNC(N)=O)c1. The number of nitrogens with two attached hydrogens (primary N) is 1. The lowest BCUT2D eigenvalue weighted by molar-refractivity contribution is 0.0937. The monoisotopic (exact) mass is 207 g/mol. The first-order valence-corrected chi connectivity index (χ1v) is 4.43. The summed E-state index contributed by atoms with van der Waals surface area (Å²) < 4.78 is 0. The van der Waals surface area contributed by atoms with Crippen LogP contribution < -0.4 is 16.6 Å². The minimum absolute atomic E-state index is 0.388. The van der Waals surface area contributed by atoms with Gasteiger partial charge >= 0.3 is 6.03 Å². The zero-order valence-corrected chi connectivity index (χ0v) is 8.63. The molecule has 5 nitrogen and oxygen atoms in total. The maximum absolute atomic E-state index is 11.5. The first-order chi connectivity index (χ1) is 6.99. The van der Waals surface area contributed by atoms with Crippen molar-refractivity contribution in [1.82, 2.24) is 10.9 Å². The van der Waals surface area contributed by atoms with Crippen LogP contribution in [-0.2, 0) is 0 Å². The molecule has 0 bridgehead atoms. The average Bonchev–Trinajstić information content (AvgIpc) is 2.12. The minimum atomic E-state index is -0.798. The van der Waals surface area contributed by atoms with Gasteiger partial charge in [-0.25, -0.2) is 10.2 Å². The number of primary amides is 1. The van der Waals surface area contributed by atoms with Crippen LogP contribution >= 0.6 is 0 Å². The van der Waals surface area contributed by atoms with Gasteiger partial charge in [-0.2, -0.15) is 0 Å². The van der Waals surface area contributed by atoms with Crippen LogP contribution in [0.3, 0.4) is 0 Å². The molecule has 1 rings (SSSR count). The van der Waals surface area contributed by atoms with E-state index in [1.54, 1.807) is 12.1 Å². The second kappa shape index (κ2) is 4.45. The van der Waals surface area contributed by atoms with E-state index >= 15 is 0 Å². The summed E-state index contributed by atoms with van der Waals surface area (Å²) in [6, 6.07) is 4.61. The molecule has 0 atom stereocenters. The lowest BCUT2D eigenvalue weighted by Crippen LogP contribution is -2.44. The number of carbonyl (C=O) groups is 2. The summed E-state index contributed by atoms with van der Waals surface area (Å²) in [6.45, 7) is 3.79. The molecule has 0 radical (unpaired) electrons. The van der Waals surface area contributed by atoms with Gasteiger partial charge in [0.25, 0.3) is 5.91 Å². The van der Waals surface area contributed by atoms with Crippen molar-refractivity contribution in [2.45, 2.75) is 13.8 Å². The van der Waals surface area contributed by atoms with Gasteiger partial charge in [-0.1, -0.05) is 17.2 Å². The molecule has 0 aliphatic heterocycles. The topological polar surface area (TPSA) is 84.2 Å². The Labute approximate surface area is 87.6 Å². The van der Waals surface area contributed by atoms with Crippen LogP contribution in [0.2, 0.25) is 0 Å². The Morgan fingerprint density at radius 1 is 1.07 bits per heavy atom. The number of nitrogens with one attached hydrogen (secondary N) is 2. The maximum atomic E-state index is 11.5. The number of aryl methyl sites for hydroxylation is 2. The van der Waals surface area contributed by atoms with Crippen LogP contribution in [0.5, 0.6) is 0 Å². The molecule has 5 heteroatoms. The van der Waals surface area contributed by atoms with Gasteiger partial charge in [0.2, 0.25) is 0 Å². The van der Waals surface area contributed by atoms with E-state index in [0.717, 1.165) is 11.1 Å². The molecular formula is C10H13N3O2. The average molecular weight is 207 g/mol. The van der Waals surface area contributed by atoms with Crippen LogP contribution in [0.1, 0.15) is 21.5 Å². The van der Waals surface area contributed by atoms with E-state index in [-0.39, 0.29) is 5.91 Å². The Balaban J connectivity index is 2.77. The van der Waals surface area contributed by atoms with E-state index in [9.17, 15) is 9.59 Å². The Hall–Kier alpha value is -2.04. The number of hydrogen-bond donors (Lipinski definition) is 3. The molecule has 0 spiro atoms. The smallest absolute Gasteiger partial charge is 0.330 e. The molecule has 0 aliphatic carbocycles. The fraction of sp³-hybridized carbons (Fsp3) is 0.200. The molecule has 0 unspecified atom stereocenters. The number of hydrogen-bond acceptors (Lipinski definition) is 2. The number of carbonyl (C=O) groups excluding carboxylic acids is 2. The highest BCUT2D eigenvalue weighted by atomic mass is 16.2. The van der Waals surface area contributed by atoms with Gasteiger partial charge in [0.1, 0.15) is 0 Å². The van der Waals surface area contributed by atoms with Gasteiger partial charge in [0, 0.05) is 5.56 Å². The second-order valence-electron chi connectivity index (χ2n) is 3.32. The Morgan fingerprint density at radius 2 is 1.60 bits per heavy atom. The zero-order chi connectivity index (χ0) is 11.4. The summed E-state index contributed by atoms with van der Waals surface area (Å²) in [5.74, 6) is -0.388. The van der Waals surface area contributed by atoms with Crippen LogP contribution in [-0.4, -0.2) is 11.9 Å². The lowest BCUT2D eigenvalue weighted by Gasteiger charge is -2.06. The van der Waals surface area contributed by atoms with E-state index in [1.165, 1.54) is 0 Å². The number of urea groups is 1. The molecule has 0 saturated carbocycles. The molecule has 0 heterocycles. The quantitative estimate of drug-likeness (QED) is 0.590. The fourth-order valence-electron chi connectivity index (χ4n) is 1.30. The number of rotatable bonds is 1. The summed E-state index contributed by atoms with van der Waals surface area (Å²) in [4.78, 5) is 21.8. The first-order valence-electron chi connectivity index (χ1n) is 4.43. The normalized spacial score (nSPS) is 9.47. The lowest BCUT2D eigenvalue weighted by atomic mass is 10.1.